The predicted molar refractivity (Wildman–Crippen MR) is 38.5 cm³/mol. The van der Waals surface area contributed by atoms with Crippen LogP contribution in [-0.4, -0.2) is 39.9 Å². The summed E-state index contributed by atoms with van der Waals surface area (Å²) in [6, 6.07) is -0.769. The number of carbonyl (C=O) groups is 2. The molecule has 1 rings (SSSR count). The van der Waals surface area contributed by atoms with Gasteiger partial charge >= 0.3 is 12.1 Å². The number of aliphatic carboxylic acids is 1. The number of hydrogen-bond donors (Lipinski definition) is 3. The molecule has 0 unspecified atom stereocenters. The van der Waals surface area contributed by atoms with Crippen molar-refractivity contribution in [2.75, 3.05) is 6.54 Å². The van der Waals surface area contributed by atoms with E-state index in [2.05, 4.69) is 5.43 Å². The lowest BCUT2D eigenvalue weighted by Gasteiger charge is -2.29. The minimum Gasteiger partial charge on any atom is -0.480 e. The molecule has 1 aliphatic heterocycles. The standard InChI is InChI=1S/C6H10N2O4/c9-5(10)4-2-1-3-8(7-4)6(11)12/h4,7H,1-3H2,(H,9,10)(H,11,12)/t4-/m1/s1. The second-order valence-electron chi connectivity index (χ2n) is 2.60. The minimum absolute atomic E-state index is 0.346. The van der Waals surface area contributed by atoms with Crippen LogP contribution in [0, 0.1) is 0 Å². The highest BCUT2D eigenvalue weighted by molar-refractivity contribution is 5.74. The number of amides is 1. The molecular weight excluding hydrogens is 164 g/mol. The molecule has 68 valence electrons. The molecule has 0 radical (unpaired) electrons. The van der Waals surface area contributed by atoms with Crippen LogP contribution in [0.4, 0.5) is 4.79 Å². The maximum atomic E-state index is 10.4. The van der Waals surface area contributed by atoms with Gasteiger partial charge in [0, 0.05) is 6.54 Å². The van der Waals surface area contributed by atoms with Gasteiger partial charge in [0.25, 0.3) is 0 Å². The van der Waals surface area contributed by atoms with Gasteiger partial charge in [-0.25, -0.2) is 15.2 Å². The molecule has 0 aromatic heterocycles. The Morgan fingerprint density at radius 1 is 1.42 bits per heavy atom. The first-order valence-electron chi connectivity index (χ1n) is 3.60. The summed E-state index contributed by atoms with van der Waals surface area (Å²) in [6.07, 6.45) is -0.0870. The summed E-state index contributed by atoms with van der Waals surface area (Å²) in [4.78, 5) is 20.8. The van der Waals surface area contributed by atoms with Crippen LogP contribution in [0.1, 0.15) is 12.8 Å². The van der Waals surface area contributed by atoms with Gasteiger partial charge in [0.1, 0.15) is 6.04 Å². The number of rotatable bonds is 1. The van der Waals surface area contributed by atoms with Gasteiger partial charge in [-0.15, -0.1) is 0 Å². The smallest absolute Gasteiger partial charge is 0.421 e. The maximum Gasteiger partial charge on any atom is 0.421 e. The molecule has 0 bridgehead atoms. The molecule has 6 heteroatoms. The first-order chi connectivity index (χ1) is 5.61. The Morgan fingerprint density at radius 3 is 2.58 bits per heavy atom. The fourth-order valence-electron chi connectivity index (χ4n) is 1.10. The van der Waals surface area contributed by atoms with E-state index in [4.69, 9.17) is 10.2 Å². The van der Waals surface area contributed by atoms with Crippen LogP contribution in [0.15, 0.2) is 0 Å². The Morgan fingerprint density at radius 2 is 2.08 bits per heavy atom. The van der Waals surface area contributed by atoms with Crippen LogP contribution in [-0.2, 0) is 4.79 Å². The van der Waals surface area contributed by atoms with Crippen molar-refractivity contribution >= 4 is 12.1 Å². The highest BCUT2D eigenvalue weighted by Crippen LogP contribution is 2.06. The van der Waals surface area contributed by atoms with Crippen LogP contribution in [0.2, 0.25) is 0 Å². The molecule has 0 aromatic rings. The third kappa shape index (κ3) is 1.85. The summed E-state index contributed by atoms with van der Waals surface area (Å²) in [5, 5.41) is 18.0. The lowest BCUT2D eigenvalue weighted by Crippen LogP contribution is -2.54. The van der Waals surface area contributed by atoms with Gasteiger partial charge < -0.3 is 10.2 Å². The fraction of sp³-hybridized carbons (Fsp3) is 0.667. The SMILES string of the molecule is O=C(O)[C@H]1CCCN(C(=O)O)N1. The first kappa shape index (κ1) is 8.79. The minimum atomic E-state index is -1.14. The number of hydrogen-bond acceptors (Lipinski definition) is 3. The number of nitrogens with one attached hydrogen (secondary N) is 1. The summed E-state index contributed by atoms with van der Waals surface area (Å²) in [5.74, 6) is -1.01. The average Bonchev–Trinajstić information content (AvgIpc) is 2.04. The van der Waals surface area contributed by atoms with Gasteiger partial charge in [0.05, 0.1) is 0 Å². The van der Waals surface area contributed by atoms with Crippen molar-refractivity contribution in [3.8, 4) is 0 Å². The third-order valence-corrected chi connectivity index (χ3v) is 1.72. The summed E-state index contributed by atoms with van der Waals surface area (Å²) in [5.41, 5.74) is 2.39. The molecule has 1 fully saturated rings. The Balaban J connectivity index is 2.51. The maximum absolute atomic E-state index is 10.4. The van der Waals surface area contributed by atoms with E-state index in [1.165, 1.54) is 0 Å². The summed E-state index contributed by atoms with van der Waals surface area (Å²) >= 11 is 0. The van der Waals surface area contributed by atoms with Crippen molar-refractivity contribution in [2.24, 2.45) is 0 Å². The zero-order chi connectivity index (χ0) is 9.14. The number of carboxylic acid groups (broad SMARTS) is 2. The van der Waals surface area contributed by atoms with E-state index in [9.17, 15) is 9.59 Å². The van der Waals surface area contributed by atoms with E-state index in [1.807, 2.05) is 0 Å². The highest BCUT2D eigenvalue weighted by atomic mass is 16.4. The molecule has 1 atom stereocenters. The molecular formula is C6H10N2O4. The molecule has 6 nitrogen and oxygen atoms in total. The monoisotopic (exact) mass is 174 g/mol. The van der Waals surface area contributed by atoms with Crippen molar-refractivity contribution in [1.29, 1.82) is 0 Å². The highest BCUT2D eigenvalue weighted by Gasteiger charge is 2.26. The molecule has 0 aliphatic carbocycles. The van der Waals surface area contributed by atoms with Crippen molar-refractivity contribution in [3.05, 3.63) is 0 Å². The number of carboxylic acids is 1. The van der Waals surface area contributed by atoms with Crippen LogP contribution in [0.3, 0.4) is 0 Å². The number of hydrazine groups is 1. The quantitative estimate of drug-likeness (QED) is 0.508. The van der Waals surface area contributed by atoms with E-state index in [0.29, 0.717) is 19.4 Å². The molecule has 1 amide bonds. The van der Waals surface area contributed by atoms with Gasteiger partial charge in [0.2, 0.25) is 0 Å². The van der Waals surface area contributed by atoms with Crippen molar-refractivity contribution in [1.82, 2.24) is 10.4 Å². The van der Waals surface area contributed by atoms with Crippen LogP contribution in [0.25, 0.3) is 0 Å². The molecule has 3 N–H and O–H groups in total. The molecule has 12 heavy (non-hydrogen) atoms. The first-order valence-corrected chi connectivity index (χ1v) is 3.60. The molecule has 1 heterocycles. The van der Waals surface area contributed by atoms with E-state index in [-0.39, 0.29) is 0 Å². The number of nitrogens with zero attached hydrogens (tertiary/aromatic N) is 1. The zero-order valence-corrected chi connectivity index (χ0v) is 6.36. The molecule has 0 saturated carbocycles. The van der Waals surface area contributed by atoms with Gasteiger partial charge in [-0.3, -0.25) is 4.79 Å². The van der Waals surface area contributed by atoms with Crippen molar-refractivity contribution in [3.63, 3.8) is 0 Å². The third-order valence-electron chi connectivity index (χ3n) is 1.72. The Hall–Kier alpha value is -1.30. The van der Waals surface area contributed by atoms with Gasteiger partial charge in [0.15, 0.2) is 0 Å². The Bertz CT molecular complexity index is 186. The van der Waals surface area contributed by atoms with E-state index in [1.54, 1.807) is 0 Å². The van der Waals surface area contributed by atoms with Crippen molar-refractivity contribution < 1.29 is 19.8 Å². The lowest BCUT2D eigenvalue weighted by atomic mass is 10.1. The van der Waals surface area contributed by atoms with E-state index in [0.717, 1.165) is 5.01 Å². The summed E-state index contributed by atoms with van der Waals surface area (Å²) in [6.45, 7) is 0.346. The Labute approximate surface area is 68.7 Å². The van der Waals surface area contributed by atoms with E-state index < -0.39 is 18.1 Å². The molecule has 1 aliphatic rings. The lowest BCUT2D eigenvalue weighted by molar-refractivity contribution is -0.141. The normalized spacial score (nSPS) is 23.7. The molecule has 0 aromatic carbocycles. The topological polar surface area (TPSA) is 89.9 Å². The van der Waals surface area contributed by atoms with Crippen LogP contribution < -0.4 is 5.43 Å². The van der Waals surface area contributed by atoms with E-state index >= 15 is 0 Å². The summed E-state index contributed by atoms with van der Waals surface area (Å²) in [7, 11) is 0. The van der Waals surface area contributed by atoms with Crippen molar-refractivity contribution in [2.45, 2.75) is 18.9 Å². The largest absolute Gasteiger partial charge is 0.480 e. The van der Waals surface area contributed by atoms with Gasteiger partial charge in [-0.1, -0.05) is 0 Å². The molecule has 1 saturated heterocycles. The predicted octanol–water partition coefficient (Wildman–Crippen LogP) is -0.282. The fourth-order valence-corrected chi connectivity index (χ4v) is 1.10. The average molecular weight is 174 g/mol. The van der Waals surface area contributed by atoms with Crippen LogP contribution >= 0.6 is 0 Å². The van der Waals surface area contributed by atoms with Gasteiger partial charge in [-0.2, -0.15) is 0 Å². The van der Waals surface area contributed by atoms with Gasteiger partial charge in [-0.05, 0) is 12.8 Å². The molecule has 0 spiro atoms. The second kappa shape index (κ2) is 3.40. The summed E-state index contributed by atoms with van der Waals surface area (Å²) < 4.78 is 0. The Kier molecular flexibility index (Phi) is 2.49. The second-order valence-corrected chi connectivity index (χ2v) is 2.60. The van der Waals surface area contributed by atoms with Crippen LogP contribution in [0.5, 0.6) is 0 Å². The zero-order valence-electron chi connectivity index (χ0n) is 6.36.